The predicted molar refractivity (Wildman–Crippen MR) is 106 cm³/mol. The smallest absolute Gasteiger partial charge is 0.331 e. The summed E-state index contributed by atoms with van der Waals surface area (Å²) in [6, 6.07) is 4.63. The number of barbiturate groups is 1. The molecule has 0 unspecified atom stereocenters. The molecule has 0 aromatic heterocycles. The van der Waals surface area contributed by atoms with Gasteiger partial charge < -0.3 is 9.80 Å². The summed E-state index contributed by atoms with van der Waals surface area (Å²) in [4.78, 5) is 45.1. The number of carbonyl (C=O) groups excluding carboxylic acids is 3. The van der Waals surface area contributed by atoms with Gasteiger partial charge in [-0.15, -0.1) is 0 Å². The molecule has 1 aromatic carbocycles. The van der Waals surface area contributed by atoms with E-state index in [1.807, 2.05) is 19.2 Å². The molecule has 2 fully saturated rings. The zero-order valence-corrected chi connectivity index (χ0v) is 17.3. The first kappa shape index (κ1) is 19.2. The molecule has 0 bridgehead atoms. The topological polar surface area (TPSA) is 73.0 Å². The van der Waals surface area contributed by atoms with Gasteiger partial charge in [-0.05, 0) is 45.5 Å². The minimum Gasteiger partial charge on any atom is -0.364 e. The van der Waals surface area contributed by atoms with E-state index in [2.05, 4.69) is 15.1 Å². The Bertz CT molecular complexity index is 881. The fourth-order valence-electron chi connectivity index (χ4n) is 4.73. The second kappa shape index (κ2) is 6.19. The highest BCUT2D eigenvalue weighted by Crippen LogP contribution is 2.48. The van der Waals surface area contributed by atoms with Crippen LogP contribution in [0, 0.1) is 5.41 Å². The average molecular weight is 405 g/mol. The summed E-state index contributed by atoms with van der Waals surface area (Å²) in [6.45, 7) is 7.43. The number of nitrogens with one attached hydrogen (secondary N) is 1. The van der Waals surface area contributed by atoms with Gasteiger partial charge in [0.05, 0.1) is 6.04 Å². The lowest BCUT2D eigenvalue weighted by molar-refractivity contribution is -0.157. The van der Waals surface area contributed by atoms with E-state index < -0.39 is 28.8 Å². The van der Waals surface area contributed by atoms with E-state index in [0.717, 1.165) is 17.8 Å². The number of hydrogen-bond donors (Lipinski definition) is 1. The first-order chi connectivity index (χ1) is 13.1. The molecule has 4 amide bonds. The predicted octanol–water partition coefficient (Wildman–Crippen LogP) is 1.88. The highest BCUT2D eigenvalue weighted by atomic mass is 35.5. The summed E-state index contributed by atoms with van der Waals surface area (Å²) in [5.74, 6) is -0.969. The molecule has 8 heteroatoms. The molecule has 4 rings (SSSR count). The van der Waals surface area contributed by atoms with Crippen LogP contribution in [0.4, 0.5) is 10.5 Å². The number of benzene rings is 1. The summed E-state index contributed by atoms with van der Waals surface area (Å²) >= 11 is 6.49. The Morgan fingerprint density at radius 3 is 2.57 bits per heavy atom. The summed E-state index contributed by atoms with van der Waals surface area (Å²) in [5, 5.41) is 3.00. The van der Waals surface area contributed by atoms with Gasteiger partial charge in [0.15, 0.2) is 5.41 Å². The van der Waals surface area contributed by atoms with Crippen LogP contribution in [0.25, 0.3) is 0 Å². The standard InChI is InChI=1S/C20H25ClN4O3/c1-19(2,3)25-17(27)20(16(26)22-18(25)28)10-12-13(21)6-5-7-14(12)24-9-8-23(4)11-15(20)24/h5-7,15H,8-11H2,1-4H3,(H,22,26,28)/t15-,20-/m1/s1. The molecule has 3 aliphatic rings. The summed E-state index contributed by atoms with van der Waals surface area (Å²) in [6.07, 6.45) is 0.182. The number of imide groups is 2. The fourth-order valence-corrected chi connectivity index (χ4v) is 4.97. The lowest BCUT2D eigenvalue weighted by Gasteiger charge is -2.56. The van der Waals surface area contributed by atoms with E-state index in [1.165, 1.54) is 4.90 Å². The number of amides is 4. The Morgan fingerprint density at radius 2 is 1.89 bits per heavy atom. The van der Waals surface area contributed by atoms with Gasteiger partial charge in [-0.2, -0.15) is 0 Å². The highest BCUT2D eigenvalue weighted by Gasteiger charge is 2.64. The molecule has 2 atom stereocenters. The van der Waals surface area contributed by atoms with Crippen LogP contribution in [-0.4, -0.2) is 65.9 Å². The van der Waals surface area contributed by atoms with Gasteiger partial charge in [0.25, 0.3) is 0 Å². The van der Waals surface area contributed by atoms with Crippen LogP contribution in [0.15, 0.2) is 18.2 Å². The van der Waals surface area contributed by atoms with Crippen LogP contribution in [-0.2, 0) is 16.0 Å². The Labute approximate surface area is 169 Å². The number of halogens is 1. The van der Waals surface area contributed by atoms with Gasteiger partial charge in [0.2, 0.25) is 11.8 Å². The SMILES string of the molecule is CN1CCN2c3cccc(Cl)c3C[C@]3(C(=O)NC(=O)N(C(C)(C)C)C3=O)[C@H]2C1. The van der Waals surface area contributed by atoms with Crippen molar-refractivity contribution in [2.45, 2.75) is 38.8 Å². The molecule has 1 N–H and O–H groups in total. The van der Waals surface area contributed by atoms with Gasteiger partial charge >= 0.3 is 6.03 Å². The first-order valence-electron chi connectivity index (χ1n) is 9.50. The van der Waals surface area contributed by atoms with Gasteiger partial charge in [-0.1, -0.05) is 17.7 Å². The molecule has 0 aliphatic carbocycles. The van der Waals surface area contributed by atoms with Gasteiger partial charge in [-0.25, -0.2) is 4.79 Å². The van der Waals surface area contributed by atoms with Crippen LogP contribution >= 0.6 is 11.6 Å². The van der Waals surface area contributed by atoms with Crippen molar-refractivity contribution in [2.75, 3.05) is 31.6 Å². The van der Waals surface area contributed by atoms with E-state index in [0.29, 0.717) is 18.1 Å². The van der Waals surface area contributed by atoms with Gasteiger partial charge in [-0.3, -0.25) is 19.8 Å². The Morgan fingerprint density at radius 1 is 1.18 bits per heavy atom. The molecular formula is C20H25ClN4O3. The zero-order chi connectivity index (χ0) is 20.4. The molecule has 1 aromatic rings. The molecule has 3 heterocycles. The largest absolute Gasteiger partial charge is 0.364 e. The Balaban J connectivity index is 1.93. The second-order valence-corrected chi connectivity index (χ2v) is 9.33. The number of likely N-dealkylation sites (N-methyl/N-ethyl adjacent to an activating group) is 1. The minimum absolute atomic E-state index is 0.182. The summed E-state index contributed by atoms with van der Waals surface area (Å²) in [7, 11) is 1.98. The normalized spacial score (nSPS) is 28.3. The molecule has 0 radical (unpaired) electrons. The molecule has 1 spiro atoms. The van der Waals surface area contributed by atoms with Crippen LogP contribution in [0.3, 0.4) is 0 Å². The number of urea groups is 1. The molecule has 150 valence electrons. The molecule has 3 aliphatic heterocycles. The number of hydrogen-bond acceptors (Lipinski definition) is 5. The number of carbonyl (C=O) groups is 3. The summed E-state index contributed by atoms with van der Waals surface area (Å²) in [5.41, 5.74) is -0.387. The lowest BCUT2D eigenvalue weighted by atomic mass is 9.67. The monoisotopic (exact) mass is 404 g/mol. The van der Waals surface area contributed by atoms with Gasteiger partial charge in [0.1, 0.15) is 0 Å². The van der Waals surface area contributed by atoms with Crippen molar-refractivity contribution in [3.05, 3.63) is 28.8 Å². The molecular weight excluding hydrogens is 380 g/mol. The Hall–Kier alpha value is -2.12. The third-order valence-electron chi connectivity index (χ3n) is 6.10. The Kier molecular flexibility index (Phi) is 4.25. The van der Waals surface area contributed by atoms with E-state index in [9.17, 15) is 14.4 Å². The van der Waals surface area contributed by atoms with Crippen LogP contribution in [0.1, 0.15) is 26.3 Å². The highest BCUT2D eigenvalue weighted by molar-refractivity contribution is 6.32. The van der Waals surface area contributed by atoms with Crippen molar-refractivity contribution in [1.82, 2.24) is 15.1 Å². The third-order valence-corrected chi connectivity index (χ3v) is 6.45. The van der Waals surface area contributed by atoms with Crippen molar-refractivity contribution in [3.63, 3.8) is 0 Å². The number of fused-ring (bicyclic) bond motifs is 4. The van der Waals surface area contributed by atoms with Crippen molar-refractivity contribution in [3.8, 4) is 0 Å². The first-order valence-corrected chi connectivity index (χ1v) is 9.88. The van der Waals surface area contributed by atoms with Crippen LogP contribution < -0.4 is 10.2 Å². The quantitative estimate of drug-likeness (QED) is 0.668. The van der Waals surface area contributed by atoms with Crippen LogP contribution in [0.5, 0.6) is 0 Å². The minimum atomic E-state index is -1.39. The van der Waals surface area contributed by atoms with E-state index in [-0.39, 0.29) is 12.5 Å². The molecule has 2 saturated heterocycles. The lowest BCUT2D eigenvalue weighted by Crippen LogP contribution is -2.76. The van der Waals surface area contributed by atoms with Crippen molar-refractivity contribution < 1.29 is 14.4 Å². The maximum Gasteiger partial charge on any atom is 0.331 e. The maximum atomic E-state index is 13.8. The van der Waals surface area contributed by atoms with Crippen molar-refractivity contribution in [1.29, 1.82) is 0 Å². The number of nitrogens with zero attached hydrogens (tertiary/aromatic N) is 3. The number of anilines is 1. The van der Waals surface area contributed by atoms with E-state index >= 15 is 0 Å². The van der Waals surface area contributed by atoms with Crippen LogP contribution in [0.2, 0.25) is 5.02 Å². The maximum absolute atomic E-state index is 13.8. The zero-order valence-electron chi connectivity index (χ0n) is 16.6. The van der Waals surface area contributed by atoms with Crippen molar-refractivity contribution >= 4 is 35.1 Å². The third kappa shape index (κ3) is 2.56. The van der Waals surface area contributed by atoms with E-state index in [4.69, 9.17) is 11.6 Å². The molecule has 0 saturated carbocycles. The van der Waals surface area contributed by atoms with Gasteiger partial charge in [0, 0.05) is 42.3 Å². The van der Waals surface area contributed by atoms with E-state index in [1.54, 1.807) is 26.8 Å². The molecule has 7 nitrogen and oxygen atoms in total. The number of rotatable bonds is 0. The fraction of sp³-hybridized carbons (Fsp3) is 0.550. The van der Waals surface area contributed by atoms with Crippen molar-refractivity contribution in [2.24, 2.45) is 5.41 Å². The summed E-state index contributed by atoms with van der Waals surface area (Å²) < 4.78 is 0. The average Bonchev–Trinajstić information content (AvgIpc) is 2.59. The second-order valence-electron chi connectivity index (χ2n) is 8.93. The number of piperazine rings is 1. The molecule has 28 heavy (non-hydrogen) atoms.